The molecular formula is C13H14BrNO3. The van der Waals surface area contributed by atoms with E-state index in [0.29, 0.717) is 11.3 Å². The first-order valence-electron chi connectivity index (χ1n) is 5.86. The van der Waals surface area contributed by atoms with Gasteiger partial charge in [0.05, 0.1) is 5.56 Å². The van der Waals surface area contributed by atoms with Crippen LogP contribution in [-0.2, 0) is 4.79 Å². The molecule has 0 saturated carbocycles. The number of likely N-dealkylation sites (tertiary alicyclic amines) is 1. The minimum Gasteiger partial charge on any atom is -0.483 e. The van der Waals surface area contributed by atoms with Crippen molar-refractivity contribution in [1.29, 1.82) is 0 Å². The molecule has 1 fully saturated rings. The molecule has 0 aliphatic carbocycles. The number of halogens is 1. The molecule has 0 radical (unpaired) electrons. The van der Waals surface area contributed by atoms with Crippen molar-refractivity contribution in [2.45, 2.75) is 12.8 Å². The minimum atomic E-state index is -0.0210. The topological polar surface area (TPSA) is 46.6 Å². The van der Waals surface area contributed by atoms with Crippen LogP contribution in [0.1, 0.15) is 23.2 Å². The number of aldehydes is 1. The number of nitrogens with zero attached hydrogens (tertiary/aromatic N) is 1. The lowest BCUT2D eigenvalue weighted by Crippen LogP contribution is -2.32. The highest BCUT2D eigenvalue weighted by Crippen LogP contribution is 2.21. The van der Waals surface area contributed by atoms with Crippen molar-refractivity contribution in [3.8, 4) is 5.75 Å². The number of benzene rings is 1. The number of ether oxygens (including phenoxy) is 1. The second-order valence-electron chi connectivity index (χ2n) is 4.18. The second-order valence-corrected chi connectivity index (χ2v) is 5.09. The van der Waals surface area contributed by atoms with E-state index in [0.717, 1.165) is 36.7 Å². The van der Waals surface area contributed by atoms with Gasteiger partial charge in [0.25, 0.3) is 5.91 Å². The van der Waals surface area contributed by atoms with E-state index < -0.39 is 0 Å². The van der Waals surface area contributed by atoms with E-state index in [1.54, 1.807) is 23.1 Å². The monoisotopic (exact) mass is 311 g/mol. The summed E-state index contributed by atoms with van der Waals surface area (Å²) in [6.45, 7) is 1.61. The van der Waals surface area contributed by atoms with E-state index in [9.17, 15) is 9.59 Å². The fourth-order valence-electron chi connectivity index (χ4n) is 1.94. The summed E-state index contributed by atoms with van der Waals surface area (Å²) < 4.78 is 6.22. The molecule has 1 aromatic rings. The van der Waals surface area contributed by atoms with Gasteiger partial charge in [-0.3, -0.25) is 9.59 Å². The molecule has 0 spiro atoms. The summed E-state index contributed by atoms with van der Waals surface area (Å²) in [5, 5.41) is 0. The molecule has 0 atom stereocenters. The summed E-state index contributed by atoms with van der Waals surface area (Å²) in [6, 6.07) is 5.14. The Bertz CT molecular complexity index is 456. The Morgan fingerprint density at radius 2 is 2.11 bits per heavy atom. The molecule has 5 heteroatoms. The lowest BCUT2D eigenvalue weighted by Gasteiger charge is -2.16. The molecule has 1 aliphatic heterocycles. The second kappa shape index (κ2) is 6.00. The zero-order chi connectivity index (χ0) is 13.0. The van der Waals surface area contributed by atoms with E-state index in [-0.39, 0.29) is 12.5 Å². The van der Waals surface area contributed by atoms with Crippen molar-refractivity contribution in [3.05, 3.63) is 28.2 Å². The summed E-state index contributed by atoms with van der Waals surface area (Å²) in [5.41, 5.74) is 0.443. The number of rotatable bonds is 4. The first-order chi connectivity index (χ1) is 8.70. The molecule has 2 rings (SSSR count). The van der Waals surface area contributed by atoms with Crippen molar-refractivity contribution in [2.24, 2.45) is 0 Å². The van der Waals surface area contributed by atoms with Gasteiger partial charge in [-0.2, -0.15) is 0 Å². The maximum absolute atomic E-state index is 11.8. The number of carbonyl (C=O) groups excluding carboxylic acids is 2. The predicted molar refractivity (Wildman–Crippen MR) is 70.8 cm³/mol. The van der Waals surface area contributed by atoms with E-state index in [4.69, 9.17) is 4.74 Å². The summed E-state index contributed by atoms with van der Waals surface area (Å²) >= 11 is 3.28. The largest absolute Gasteiger partial charge is 0.483 e. The highest BCUT2D eigenvalue weighted by atomic mass is 79.9. The molecule has 1 saturated heterocycles. The molecule has 18 heavy (non-hydrogen) atoms. The van der Waals surface area contributed by atoms with E-state index in [1.807, 2.05) is 0 Å². The van der Waals surface area contributed by atoms with Gasteiger partial charge in [0.15, 0.2) is 12.9 Å². The lowest BCUT2D eigenvalue weighted by molar-refractivity contribution is -0.132. The van der Waals surface area contributed by atoms with Gasteiger partial charge in [-0.25, -0.2) is 0 Å². The van der Waals surface area contributed by atoms with Gasteiger partial charge in [-0.05, 0) is 31.0 Å². The summed E-state index contributed by atoms with van der Waals surface area (Å²) in [5.74, 6) is 0.424. The molecule has 1 amide bonds. The predicted octanol–water partition coefficient (Wildman–Crippen LogP) is 2.26. The van der Waals surface area contributed by atoms with Gasteiger partial charge in [0.1, 0.15) is 5.75 Å². The molecule has 1 aromatic carbocycles. The first-order valence-corrected chi connectivity index (χ1v) is 6.65. The summed E-state index contributed by atoms with van der Waals surface area (Å²) in [6.07, 6.45) is 2.84. The third-order valence-electron chi connectivity index (χ3n) is 2.91. The molecule has 0 bridgehead atoms. The van der Waals surface area contributed by atoms with Crippen LogP contribution in [0.25, 0.3) is 0 Å². The Hall–Kier alpha value is -1.36. The van der Waals surface area contributed by atoms with Gasteiger partial charge in [-0.15, -0.1) is 0 Å². The highest BCUT2D eigenvalue weighted by Gasteiger charge is 2.18. The fraction of sp³-hybridized carbons (Fsp3) is 0.385. The Morgan fingerprint density at radius 3 is 2.78 bits per heavy atom. The normalized spacial score (nSPS) is 14.6. The number of hydrogen-bond acceptors (Lipinski definition) is 3. The van der Waals surface area contributed by atoms with Crippen LogP contribution in [-0.4, -0.2) is 36.8 Å². The molecule has 1 aliphatic rings. The van der Waals surface area contributed by atoms with Crippen LogP contribution in [0.15, 0.2) is 22.7 Å². The summed E-state index contributed by atoms with van der Waals surface area (Å²) in [7, 11) is 0. The van der Waals surface area contributed by atoms with Crippen LogP contribution < -0.4 is 4.74 Å². The number of hydrogen-bond donors (Lipinski definition) is 0. The number of amides is 1. The molecule has 0 unspecified atom stereocenters. The Morgan fingerprint density at radius 1 is 1.39 bits per heavy atom. The van der Waals surface area contributed by atoms with Gasteiger partial charge >= 0.3 is 0 Å². The third kappa shape index (κ3) is 3.10. The first kappa shape index (κ1) is 13.1. The fourth-order valence-corrected chi connectivity index (χ4v) is 2.32. The van der Waals surface area contributed by atoms with Crippen molar-refractivity contribution in [2.75, 3.05) is 19.7 Å². The highest BCUT2D eigenvalue weighted by molar-refractivity contribution is 9.10. The summed E-state index contributed by atoms with van der Waals surface area (Å²) in [4.78, 5) is 24.5. The molecule has 96 valence electrons. The lowest BCUT2D eigenvalue weighted by atomic mass is 10.2. The Kier molecular flexibility index (Phi) is 4.36. The van der Waals surface area contributed by atoms with Crippen molar-refractivity contribution >= 4 is 28.1 Å². The van der Waals surface area contributed by atoms with Gasteiger partial charge in [-0.1, -0.05) is 15.9 Å². The molecular weight excluding hydrogens is 298 g/mol. The SMILES string of the molecule is O=Cc1cc(Br)ccc1OCC(=O)N1CCCC1. The maximum Gasteiger partial charge on any atom is 0.260 e. The molecule has 0 N–H and O–H groups in total. The van der Waals surface area contributed by atoms with Crippen molar-refractivity contribution in [1.82, 2.24) is 4.90 Å². The van der Waals surface area contributed by atoms with Crippen LogP contribution in [0.2, 0.25) is 0 Å². The maximum atomic E-state index is 11.8. The van der Waals surface area contributed by atoms with Gasteiger partial charge in [0.2, 0.25) is 0 Å². The average molecular weight is 312 g/mol. The Balaban J connectivity index is 1.97. The van der Waals surface area contributed by atoms with Crippen molar-refractivity contribution < 1.29 is 14.3 Å². The van der Waals surface area contributed by atoms with Crippen LogP contribution in [0.3, 0.4) is 0 Å². The Labute approximate surface area is 114 Å². The standard InChI is InChI=1S/C13H14BrNO3/c14-11-3-4-12(10(7-11)8-16)18-9-13(17)15-5-1-2-6-15/h3-4,7-8H,1-2,5-6,9H2. The average Bonchev–Trinajstić information content (AvgIpc) is 2.90. The van der Waals surface area contributed by atoms with Crippen LogP contribution in [0, 0.1) is 0 Å². The molecule has 0 aromatic heterocycles. The molecule has 1 heterocycles. The van der Waals surface area contributed by atoms with E-state index in [1.165, 1.54) is 0 Å². The van der Waals surface area contributed by atoms with Crippen LogP contribution in [0.5, 0.6) is 5.75 Å². The minimum absolute atomic E-state index is 0.0114. The zero-order valence-electron chi connectivity index (χ0n) is 9.89. The molecule has 4 nitrogen and oxygen atoms in total. The van der Waals surface area contributed by atoms with Gasteiger partial charge in [0, 0.05) is 17.6 Å². The number of carbonyl (C=O) groups is 2. The van der Waals surface area contributed by atoms with Crippen molar-refractivity contribution in [3.63, 3.8) is 0 Å². The smallest absolute Gasteiger partial charge is 0.260 e. The van der Waals surface area contributed by atoms with Gasteiger partial charge < -0.3 is 9.64 Å². The van der Waals surface area contributed by atoms with E-state index in [2.05, 4.69) is 15.9 Å². The van der Waals surface area contributed by atoms with E-state index >= 15 is 0 Å². The van der Waals surface area contributed by atoms with Crippen LogP contribution in [0.4, 0.5) is 0 Å². The zero-order valence-corrected chi connectivity index (χ0v) is 11.5. The quantitative estimate of drug-likeness (QED) is 0.801. The van der Waals surface area contributed by atoms with Crippen LogP contribution >= 0.6 is 15.9 Å². The third-order valence-corrected chi connectivity index (χ3v) is 3.40.